The van der Waals surface area contributed by atoms with Crippen molar-refractivity contribution in [2.24, 2.45) is 0 Å². The Morgan fingerprint density at radius 3 is 2.72 bits per heavy atom. The molecular formula is C17H23N7O. The molecule has 2 aliphatic heterocycles. The Balaban J connectivity index is 1.24. The number of nitrogens with zero attached hydrogens (tertiary/aromatic N) is 7. The first kappa shape index (κ1) is 15.1. The largest absolute Gasteiger partial charge is 0.352 e. The summed E-state index contributed by atoms with van der Waals surface area (Å²) in [4.78, 5) is 19.2. The summed E-state index contributed by atoms with van der Waals surface area (Å²) in [5.41, 5.74) is 0.771. The molecule has 0 radical (unpaired) electrons. The molecule has 3 aliphatic rings. The van der Waals surface area contributed by atoms with Gasteiger partial charge in [0.25, 0.3) is 0 Å². The zero-order valence-electron chi connectivity index (χ0n) is 14.7. The van der Waals surface area contributed by atoms with Crippen LogP contribution in [-0.2, 0) is 4.79 Å². The van der Waals surface area contributed by atoms with E-state index in [0.29, 0.717) is 18.0 Å². The predicted molar refractivity (Wildman–Crippen MR) is 92.4 cm³/mol. The maximum Gasteiger partial charge on any atom is 0.240 e. The minimum absolute atomic E-state index is 0.0586. The molecule has 25 heavy (non-hydrogen) atoms. The van der Waals surface area contributed by atoms with Crippen LogP contribution in [0.15, 0.2) is 12.1 Å². The van der Waals surface area contributed by atoms with Crippen LogP contribution >= 0.6 is 0 Å². The summed E-state index contributed by atoms with van der Waals surface area (Å²) in [5, 5.41) is 12.8. The Morgan fingerprint density at radius 1 is 1.16 bits per heavy atom. The maximum atomic E-state index is 12.6. The zero-order chi connectivity index (χ0) is 17.1. The number of carbonyl (C=O) groups excluding carboxylic acids is 1. The van der Waals surface area contributed by atoms with E-state index >= 15 is 0 Å². The molecule has 2 aromatic heterocycles. The van der Waals surface area contributed by atoms with Crippen molar-refractivity contribution < 1.29 is 4.79 Å². The number of carbonyl (C=O) groups is 1. The van der Waals surface area contributed by atoms with Gasteiger partial charge < -0.3 is 9.80 Å². The Labute approximate surface area is 146 Å². The molecular weight excluding hydrogens is 318 g/mol. The topological polar surface area (TPSA) is 69.9 Å². The van der Waals surface area contributed by atoms with Crippen LogP contribution in [0.3, 0.4) is 0 Å². The van der Waals surface area contributed by atoms with Crippen LogP contribution in [0.4, 0.5) is 5.82 Å². The van der Waals surface area contributed by atoms with E-state index in [1.165, 1.54) is 12.8 Å². The van der Waals surface area contributed by atoms with Crippen molar-refractivity contribution in [3.8, 4) is 0 Å². The van der Waals surface area contributed by atoms with Gasteiger partial charge in [-0.2, -0.15) is 4.52 Å². The molecule has 0 bridgehead atoms. The molecule has 0 spiro atoms. The van der Waals surface area contributed by atoms with E-state index in [4.69, 9.17) is 0 Å². The van der Waals surface area contributed by atoms with Gasteiger partial charge in [-0.1, -0.05) is 0 Å². The minimum atomic E-state index is 0.0586. The fourth-order valence-electron chi connectivity index (χ4n) is 4.02. The molecule has 8 nitrogen and oxygen atoms in total. The molecule has 0 N–H and O–H groups in total. The summed E-state index contributed by atoms with van der Waals surface area (Å²) in [6.07, 6.45) is 3.35. The lowest BCUT2D eigenvalue weighted by Crippen LogP contribution is -2.62. The smallest absolute Gasteiger partial charge is 0.240 e. The van der Waals surface area contributed by atoms with Crippen LogP contribution in [0.5, 0.6) is 0 Å². The number of likely N-dealkylation sites (N-methyl/N-ethyl adjacent to an activating group) is 1. The van der Waals surface area contributed by atoms with E-state index in [0.717, 1.165) is 43.3 Å². The van der Waals surface area contributed by atoms with Crippen LogP contribution in [-0.4, -0.2) is 80.3 Å². The van der Waals surface area contributed by atoms with Gasteiger partial charge >= 0.3 is 0 Å². The number of hydrogen-bond donors (Lipinski definition) is 0. The van der Waals surface area contributed by atoms with Gasteiger partial charge in [0.15, 0.2) is 11.5 Å². The van der Waals surface area contributed by atoms with E-state index in [1.54, 1.807) is 4.52 Å². The van der Waals surface area contributed by atoms with Crippen LogP contribution in [0.25, 0.3) is 5.65 Å². The van der Waals surface area contributed by atoms with Crippen molar-refractivity contribution in [2.45, 2.75) is 44.3 Å². The molecule has 4 heterocycles. The lowest BCUT2D eigenvalue weighted by atomic mass is 10.0. The summed E-state index contributed by atoms with van der Waals surface area (Å²) >= 11 is 0. The third-order valence-corrected chi connectivity index (χ3v) is 5.86. The first-order chi connectivity index (χ1) is 12.1. The van der Waals surface area contributed by atoms with Gasteiger partial charge in [-0.05, 0) is 45.4 Å². The van der Waals surface area contributed by atoms with Gasteiger partial charge in [0.05, 0.1) is 6.04 Å². The number of hydrogen-bond acceptors (Lipinski definition) is 6. The average Bonchev–Trinajstić information content (AvgIpc) is 3.24. The summed E-state index contributed by atoms with van der Waals surface area (Å²) in [7, 11) is 2.10. The predicted octanol–water partition coefficient (Wildman–Crippen LogP) is 0.316. The van der Waals surface area contributed by atoms with Crippen molar-refractivity contribution in [1.82, 2.24) is 29.6 Å². The van der Waals surface area contributed by atoms with E-state index in [-0.39, 0.29) is 6.04 Å². The minimum Gasteiger partial charge on any atom is -0.352 e. The fraction of sp³-hybridized carbons (Fsp3) is 0.647. The van der Waals surface area contributed by atoms with Gasteiger partial charge in [0, 0.05) is 31.7 Å². The highest BCUT2D eigenvalue weighted by Crippen LogP contribution is 2.33. The summed E-state index contributed by atoms with van der Waals surface area (Å²) in [6, 6.07) is 4.95. The summed E-state index contributed by atoms with van der Waals surface area (Å²) in [6.45, 7) is 4.65. The number of rotatable bonds is 4. The van der Waals surface area contributed by atoms with Crippen molar-refractivity contribution in [2.75, 3.05) is 31.6 Å². The van der Waals surface area contributed by atoms with Gasteiger partial charge in [-0.15, -0.1) is 15.3 Å². The van der Waals surface area contributed by atoms with Gasteiger partial charge in [0.2, 0.25) is 5.91 Å². The first-order valence-corrected chi connectivity index (χ1v) is 9.08. The Kier molecular flexibility index (Phi) is 3.25. The highest BCUT2D eigenvalue weighted by Gasteiger charge is 2.45. The normalized spacial score (nSPS) is 24.6. The summed E-state index contributed by atoms with van der Waals surface area (Å²) < 4.78 is 1.78. The summed E-state index contributed by atoms with van der Waals surface area (Å²) in [5.74, 6) is 2.07. The Hall–Kier alpha value is -2.22. The second-order valence-electron chi connectivity index (χ2n) is 7.50. The molecule has 1 unspecified atom stereocenters. The molecule has 1 aliphatic carbocycles. The lowest BCUT2D eigenvalue weighted by Gasteiger charge is -2.46. The van der Waals surface area contributed by atoms with E-state index in [1.807, 2.05) is 19.1 Å². The number of aryl methyl sites for hydroxylation is 1. The second-order valence-corrected chi connectivity index (χ2v) is 7.50. The number of fused-ring (bicyclic) bond motifs is 1. The maximum absolute atomic E-state index is 12.6. The van der Waals surface area contributed by atoms with Crippen molar-refractivity contribution >= 4 is 17.4 Å². The van der Waals surface area contributed by atoms with Crippen molar-refractivity contribution in [3.05, 3.63) is 18.0 Å². The van der Waals surface area contributed by atoms with Crippen LogP contribution in [0.2, 0.25) is 0 Å². The SMILES string of the molecule is Cc1nnc2ccc(N3CC(N(C)C4CCN(C5CC5)C4=O)C3)nn12. The Morgan fingerprint density at radius 2 is 1.96 bits per heavy atom. The third-order valence-electron chi connectivity index (χ3n) is 5.86. The molecule has 2 aromatic rings. The highest BCUT2D eigenvalue weighted by atomic mass is 16.2. The molecule has 3 fully saturated rings. The van der Waals surface area contributed by atoms with Crippen LogP contribution in [0.1, 0.15) is 25.1 Å². The highest BCUT2D eigenvalue weighted by molar-refractivity contribution is 5.84. The van der Waals surface area contributed by atoms with Crippen LogP contribution < -0.4 is 4.90 Å². The molecule has 8 heteroatoms. The molecule has 1 atom stereocenters. The molecule has 0 aromatic carbocycles. The molecule has 2 saturated heterocycles. The monoisotopic (exact) mass is 341 g/mol. The molecule has 5 rings (SSSR count). The average molecular weight is 341 g/mol. The van der Waals surface area contributed by atoms with Gasteiger partial charge in [-0.25, -0.2) is 0 Å². The standard InChI is InChI=1S/C17H23N7O/c1-11-18-19-15-5-6-16(20-24(11)15)22-9-13(10-22)21(2)14-7-8-23(17(14)25)12-3-4-12/h5-6,12-14H,3-4,7-10H2,1-2H3. The van der Waals surface area contributed by atoms with E-state index < -0.39 is 0 Å². The Bertz CT molecular complexity index is 824. The number of aromatic nitrogens is 4. The van der Waals surface area contributed by atoms with Gasteiger partial charge in [-0.3, -0.25) is 9.69 Å². The van der Waals surface area contributed by atoms with Crippen molar-refractivity contribution in [1.29, 1.82) is 0 Å². The van der Waals surface area contributed by atoms with E-state index in [2.05, 4.69) is 37.0 Å². The molecule has 1 amide bonds. The first-order valence-electron chi connectivity index (χ1n) is 9.08. The number of amides is 1. The third kappa shape index (κ3) is 2.38. The van der Waals surface area contributed by atoms with Gasteiger partial charge in [0.1, 0.15) is 5.82 Å². The quantitative estimate of drug-likeness (QED) is 0.798. The van der Waals surface area contributed by atoms with E-state index in [9.17, 15) is 4.79 Å². The number of anilines is 1. The molecule has 132 valence electrons. The molecule has 1 saturated carbocycles. The van der Waals surface area contributed by atoms with Crippen LogP contribution in [0, 0.1) is 6.92 Å². The second kappa shape index (κ2) is 5.39. The number of likely N-dealkylation sites (tertiary alicyclic amines) is 1. The lowest BCUT2D eigenvalue weighted by molar-refractivity contribution is -0.133. The zero-order valence-corrected chi connectivity index (χ0v) is 14.7. The fourth-order valence-corrected chi connectivity index (χ4v) is 4.02. The van der Waals surface area contributed by atoms with Crippen molar-refractivity contribution in [3.63, 3.8) is 0 Å².